The zero-order chi connectivity index (χ0) is 53.3. The molecule has 0 saturated carbocycles. The van der Waals surface area contributed by atoms with Crippen LogP contribution in [0, 0.1) is 5.41 Å². The molecule has 0 aliphatic carbocycles. The molecule has 74 heavy (non-hydrogen) atoms. The standard InChI is InChI=1S/C51H63N9O13S/c1-51(2,23-11-12-25-72-43-27-35(32-14-5-3-6-15-32)26-37(57-43)33-16-7-4-8-17-33)31-54-47(66)38(29-53-42(62)22-24-52-50(68)59-49-46(65)45(64)44(63)39(30-61)73-49)58-48(67)36-19-13-21-41(56-36)60-55-28-34-18-9-10-20-40(34)74(69,70)71/h3-10,13-21,26-28,38-39,44-46,49,61,63-65,69-71H,11-12,22-25,29-31H2,1-2H3,(H,53,62)(H,54,66)(H,56,60)(H,58,67)(H2,52,59,68). The van der Waals surface area contributed by atoms with Crippen molar-refractivity contribution in [1.29, 1.82) is 0 Å². The quantitative estimate of drug-likeness (QED) is 0.0236. The molecule has 13 N–H and O–H groups in total. The lowest BCUT2D eigenvalue weighted by molar-refractivity contribution is -0.233. The summed E-state index contributed by atoms with van der Waals surface area (Å²) in [7, 11) is -4.04. The van der Waals surface area contributed by atoms with Crippen molar-refractivity contribution < 1.29 is 62.7 Å². The van der Waals surface area contributed by atoms with E-state index in [9.17, 15) is 53.3 Å². The van der Waals surface area contributed by atoms with Gasteiger partial charge < -0.3 is 70.1 Å². The minimum absolute atomic E-state index is 0.0976. The summed E-state index contributed by atoms with van der Waals surface area (Å²) in [5.41, 5.74) is 6.06. The molecule has 6 atom stereocenters. The Morgan fingerprint density at radius 2 is 1.50 bits per heavy atom. The van der Waals surface area contributed by atoms with Crippen molar-refractivity contribution in [2.45, 2.75) is 81.1 Å². The van der Waals surface area contributed by atoms with Crippen LogP contribution >= 0.6 is 10.9 Å². The Morgan fingerprint density at radius 1 is 0.797 bits per heavy atom. The summed E-state index contributed by atoms with van der Waals surface area (Å²) in [5, 5.41) is 56.5. The zero-order valence-corrected chi connectivity index (χ0v) is 41.5. The van der Waals surface area contributed by atoms with E-state index in [1.807, 2.05) is 86.6 Å². The highest BCUT2D eigenvalue weighted by Crippen LogP contribution is 2.44. The number of aliphatic hydroxyl groups excluding tert-OH is 4. The number of carbonyl (C=O) groups is 4. The molecule has 0 radical (unpaired) electrons. The fraction of sp³-hybridized carbons (Fsp3) is 0.353. The molecule has 0 spiro atoms. The van der Waals surface area contributed by atoms with Crippen molar-refractivity contribution in [1.82, 2.24) is 36.6 Å². The van der Waals surface area contributed by atoms with E-state index >= 15 is 0 Å². The Kier molecular flexibility index (Phi) is 20.3. The zero-order valence-electron chi connectivity index (χ0n) is 40.7. The topological polar surface area (TPSA) is 339 Å². The minimum Gasteiger partial charge on any atom is -0.478 e. The molecule has 3 heterocycles. The summed E-state index contributed by atoms with van der Waals surface area (Å²) >= 11 is 0. The molecule has 1 aliphatic rings. The molecule has 5 aromatic rings. The Labute approximate surface area is 429 Å². The number of benzene rings is 3. The first-order valence-electron chi connectivity index (χ1n) is 23.7. The van der Waals surface area contributed by atoms with Crippen LogP contribution in [0.4, 0.5) is 10.6 Å². The third-order valence-electron chi connectivity index (χ3n) is 11.7. The van der Waals surface area contributed by atoms with Gasteiger partial charge in [-0.1, -0.05) is 98.8 Å². The van der Waals surface area contributed by atoms with Gasteiger partial charge in [0.05, 0.1) is 30.0 Å². The number of unbranched alkanes of at least 4 members (excludes halogenated alkanes) is 1. The Hall–Kier alpha value is -7.06. The number of nitrogens with one attached hydrogen (secondary N) is 6. The number of aliphatic hydroxyl groups is 4. The second-order valence-corrected chi connectivity index (χ2v) is 19.5. The van der Waals surface area contributed by atoms with Gasteiger partial charge in [-0.05, 0) is 60.1 Å². The van der Waals surface area contributed by atoms with Crippen LogP contribution in [0.5, 0.6) is 5.88 Å². The number of amides is 5. The molecule has 396 valence electrons. The van der Waals surface area contributed by atoms with Gasteiger partial charge in [-0.25, -0.2) is 14.8 Å². The smallest absolute Gasteiger partial charge is 0.316 e. The molecule has 5 amide bonds. The summed E-state index contributed by atoms with van der Waals surface area (Å²) in [6.45, 7) is 3.27. The van der Waals surface area contributed by atoms with Gasteiger partial charge in [-0.3, -0.25) is 19.8 Å². The number of aromatic nitrogens is 2. The highest BCUT2D eigenvalue weighted by atomic mass is 32.3. The first-order valence-corrected chi connectivity index (χ1v) is 25.2. The summed E-state index contributed by atoms with van der Waals surface area (Å²) in [6, 6.07) is 31.9. The van der Waals surface area contributed by atoms with Crippen LogP contribution in [0.15, 0.2) is 125 Å². The summed E-state index contributed by atoms with van der Waals surface area (Å²) < 4.78 is 40.8. The van der Waals surface area contributed by atoms with Crippen LogP contribution in [0.1, 0.15) is 55.6 Å². The Balaban J connectivity index is 1.04. The van der Waals surface area contributed by atoms with Gasteiger partial charge in [0.1, 0.15) is 52.8 Å². The van der Waals surface area contributed by atoms with Gasteiger partial charge in [0, 0.05) is 43.2 Å². The van der Waals surface area contributed by atoms with Crippen molar-refractivity contribution in [3.63, 3.8) is 0 Å². The lowest BCUT2D eigenvalue weighted by Gasteiger charge is -2.40. The van der Waals surface area contributed by atoms with Gasteiger partial charge in [0.2, 0.25) is 17.7 Å². The normalized spacial score (nSPS) is 18.4. The van der Waals surface area contributed by atoms with Gasteiger partial charge >= 0.3 is 6.03 Å². The van der Waals surface area contributed by atoms with Crippen molar-refractivity contribution in [3.05, 3.63) is 127 Å². The van der Waals surface area contributed by atoms with Crippen molar-refractivity contribution in [2.24, 2.45) is 10.5 Å². The van der Waals surface area contributed by atoms with Gasteiger partial charge in [0.25, 0.3) is 5.91 Å². The first-order chi connectivity index (χ1) is 35.4. The number of ether oxygens (including phenoxy) is 2. The first kappa shape index (κ1) is 56.2. The van der Waals surface area contributed by atoms with E-state index in [2.05, 4.69) is 42.1 Å². The van der Waals surface area contributed by atoms with Crippen molar-refractivity contribution in [2.75, 3.05) is 38.3 Å². The van der Waals surface area contributed by atoms with Crippen LogP contribution in [0.25, 0.3) is 22.4 Å². The van der Waals surface area contributed by atoms with Gasteiger partial charge in [-0.15, -0.1) is 0 Å². The summed E-state index contributed by atoms with van der Waals surface area (Å²) in [4.78, 5) is 62.0. The van der Waals surface area contributed by atoms with Crippen LogP contribution in [-0.2, 0) is 14.3 Å². The van der Waals surface area contributed by atoms with Gasteiger partial charge in [-0.2, -0.15) is 5.10 Å². The Morgan fingerprint density at radius 3 is 2.22 bits per heavy atom. The van der Waals surface area contributed by atoms with E-state index < -0.39 is 83.3 Å². The number of hydrogen-bond acceptors (Lipinski definition) is 17. The van der Waals surface area contributed by atoms with E-state index in [0.29, 0.717) is 25.3 Å². The van der Waals surface area contributed by atoms with E-state index in [4.69, 9.17) is 14.5 Å². The van der Waals surface area contributed by atoms with E-state index in [1.54, 1.807) is 6.07 Å². The third kappa shape index (κ3) is 16.7. The molecule has 0 bridgehead atoms. The molecule has 6 unspecified atom stereocenters. The van der Waals surface area contributed by atoms with Crippen LogP contribution in [-0.4, -0.2) is 144 Å². The van der Waals surface area contributed by atoms with E-state index in [1.165, 1.54) is 42.6 Å². The number of hydrogen-bond donors (Lipinski definition) is 13. The maximum Gasteiger partial charge on any atom is 0.316 e. The summed E-state index contributed by atoms with van der Waals surface area (Å²) in [6.07, 6.45) is -4.73. The number of nitrogens with zero attached hydrogens (tertiary/aromatic N) is 3. The highest BCUT2D eigenvalue weighted by Gasteiger charge is 2.44. The fourth-order valence-corrected chi connectivity index (χ4v) is 8.32. The molecule has 22 nitrogen and oxygen atoms in total. The molecule has 23 heteroatoms. The van der Waals surface area contributed by atoms with Crippen molar-refractivity contribution >= 4 is 46.7 Å². The van der Waals surface area contributed by atoms with Crippen molar-refractivity contribution in [3.8, 4) is 28.3 Å². The second kappa shape index (κ2) is 26.8. The molecule has 2 aromatic heterocycles. The minimum atomic E-state index is -4.04. The average molecular weight is 1040 g/mol. The lowest BCUT2D eigenvalue weighted by Crippen LogP contribution is -2.64. The predicted octanol–water partition coefficient (Wildman–Crippen LogP) is 3.93. The van der Waals surface area contributed by atoms with Crippen LogP contribution in [0.2, 0.25) is 0 Å². The lowest BCUT2D eigenvalue weighted by atomic mass is 9.87. The maximum atomic E-state index is 13.9. The second-order valence-electron chi connectivity index (χ2n) is 18.1. The predicted molar refractivity (Wildman–Crippen MR) is 276 cm³/mol. The number of urea groups is 1. The number of pyridine rings is 2. The van der Waals surface area contributed by atoms with E-state index in [-0.39, 0.29) is 48.0 Å². The molecular weight excluding hydrogens is 979 g/mol. The molecule has 1 saturated heterocycles. The average Bonchev–Trinajstić information content (AvgIpc) is 3.39. The largest absolute Gasteiger partial charge is 0.478 e. The SMILES string of the molecule is CC(C)(CCCCOc1cc(-c2ccccc2)cc(-c2ccccc2)n1)CNC(=O)C(CNC(=O)CCNC(=O)NC1OC(CO)C(O)C(O)C1O)NC(=O)c1cccc(NN=Cc2ccccc2S(O)(O)O)n1. The number of anilines is 1. The highest BCUT2D eigenvalue weighted by molar-refractivity contribution is 8.19. The fourth-order valence-electron chi connectivity index (χ4n) is 7.62. The van der Waals surface area contributed by atoms with Crippen LogP contribution < -0.4 is 36.7 Å². The van der Waals surface area contributed by atoms with E-state index in [0.717, 1.165) is 28.8 Å². The number of hydrazone groups is 1. The molecular formula is C51H63N9O13S. The third-order valence-corrected chi connectivity index (χ3v) is 12.7. The molecule has 1 fully saturated rings. The molecule has 3 aromatic carbocycles. The number of carbonyl (C=O) groups excluding carboxylic acids is 4. The maximum absolute atomic E-state index is 13.9. The monoisotopic (exact) mass is 1040 g/mol. The van der Waals surface area contributed by atoms with Gasteiger partial charge in [0.15, 0.2) is 6.23 Å². The Bertz CT molecular complexity index is 2620. The molecule has 6 rings (SSSR count). The number of rotatable bonds is 24. The summed E-state index contributed by atoms with van der Waals surface area (Å²) in [5.74, 6) is -1.41. The molecule has 1 aliphatic heterocycles. The van der Waals surface area contributed by atoms with Crippen LogP contribution in [0.3, 0.4) is 0 Å².